The molecule has 0 spiro atoms. The molecule has 5 atom stereocenters. The van der Waals surface area contributed by atoms with E-state index in [4.69, 9.17) is 14.2 Å². The van der Waals surface area contributed by atoms with Crippen molar-refractivity contribution >= 4 is 17.8 Å². The van der Waals surface area contributed by atoms with Crippen LogP contribution in [-0.4, -0.2) is 69.5 Å². The van der Waals surface area contributed by atoms with E-state index < -0.39 is 43.3 Å². The minimum Gasteiger partial charge on any atom is -0.508 e. The van der Waals surface area contributed by atoms with Gasteiger partial charge in [0.1, 0.15) is 42.5 Å². The number of hydrogen-bond acceptors (Lipinski definition) is 9. The van der Waals surface area contributed by atoms with Crippen LogP contribution in [0.2, 0.25) is 0 Å². The Morgan fingerprint density at radius 1 is 0.969 bits per heavy atom. The van der Waals surface area contributed by atoms with Crippen LogP contribution in [0.3, 0.4) is 0 Å². The number of benzene rings is 2. The second-order valence-electron chi connectivity index (χ2n) is 7.27. The third-order valence-corrected chi connectivity index (χ3v) is 4.88. The maximum absolute atomic E-state index is 12.0. The molecule has 0 aromatic heterocycles. The fourth-order valence-electron chi connectivity index (χ4n) is 3.02. The van der Waals surface area contributed by atoms with Crippen LogP contribution in [0, 0.1) is 0 Å². The summed E-state index contributed by atoms with van der Waals surface area (Å²) in [4.78, 5) is 23.3. The number of aliphatic hydroxyl groups is 3. The maximum atomic E-state index is 12.0. The lowest BCUT2D eigenvalue weighted by Crippen LogP contribution is -2.60. The first-order valence-corrected chi connectivity index (χ1v) is 9.86. The predicted octanol–water partition coefficient (Wildman–Crippen LogP) is 1.04. The van der Waals surface area contributed by atoms with Gasteiger partial charge >= 0.3 is 5.97 Å². The zero-order valence-corrected chi connectivity index (χ0v) is 17.2. The van der Waals surface area contributed by atoms with E-state index in [1.807, 2.05) is 0 Å². The molecule has 3 rings (SSSR count). The Labute approximate surface area is 184 Å². The number of Topliss-reactive ketones (excluding diaryl/α,β-unsaturated/α-hetero) is 1. The van der Waals surface area contributed by atoms with Gasteiger partial charge in [-0.15, -0.1) is 0 Å². The number of ether oxygens (including phenoxy) is 3. The maximum Gasteiger partial charge on any atom is 0.330 e. The molecule has 9 nitrogen and oxygen atoms in total. The lowest BCUT2D eigenvalue weighted by atomic mass is 9.99. The molecule has 0 bridgehead atoms. The molecule has 1 heterocycles. The number of phenols is 1. The van der Waals surface area contributed by atoms with Gasteiger partial charge in [-0.3, -0.25) is 4.79 Å². The fraction of sp³-hybridized carbons (Fsp3) is 0.304. The highest BCUT2D eigenvalue weighted by atomic mass is 16.7. The largest absolute Gasteiger partial charge is 0.508 e. The third kappa shape index (κ3) is 5.92. The molecule has 0 amide bonds. The highest BCUT2D eigenvalue weighted by molar-refractivity contribution is 5.94. The van der Waals surface area contributed by atoms with E-state index in [1.165, 1.54) is 49.4 Å². The average molecular weight is 444 g/mol. The van der Waals surface area contributed by atoms with Crippen molar-refractivity contribution in [2.75, 3.05) is 6.61 Å². The van der Waals surface area contributed by atoms with E-state index in [-0.39, 0.29) is 17.3 Å². The Morgan fingerprint density at radius 2 is 1.62 bits per heavy atom. The smallest absolute Gasteiger partial charge is 0.330 e. The second-order valence-corrected chi connectivity index (χ2v) is 7.27. The molecule has 32 heavy (non-hydrogen) atoms. The monoisotopic (exact) mass is 444 g/mol. The molecule has 1 aliphatic rings. The van der Waals surface area contributed by atoms with Gasteiger partial charge in [0.15, 0.2) is 5.78 Å². The normalized spacial score (nSPS) is 25.4. The lowest BCUT2D eigenvalue weighted by molar-refractivity contribution is -0.278. The van der Waals surface area contributed by atoms with Crippen molar-refractivity contribution in [3.8, 4) is 11.5 Å². The molecule has 9 heteroatoms. The standard InChI is InChI=1S/C23H24O9/c1-13(24)15-5-9-17(10-6-15)31-23-22(29)21(28)20(27)18(32-23)12-30-19(26)11-4-14-2-7-16(25)8-3-14/h2-11,18,20-23,25,27-29H,12H2,1H3/t18-,20-,21+,22-,23-/m1/s1. The van der Waals surface area contributed by atoms with E-state index in [0.29, 0.717) is 11.1 Å². The van der Waals surface area contributed by atoms with Crippen molar-refractivity contribution in [2.45, 2.75) is 37.6 Å². The molecule has 0 radical (unpaired) electrons. The van der Waals surface area contributed by atoms with Crippen molar-refractivity contribution in [3.05, 3.63) is 65.7 Å². The van der Waals surface area contributed by atoms with Gasteiger partial charge in [-0.2, -0.15) is 0 Å². The van der Waals surface area contributed by atoms with E-state index in [2.05, 4.69) is 0 Å². The number of rotatable bonds is 7. The molecule has 0 saturated carbocycles. The van der Waals surface area contributed by atoms with E-state index in [9.17, 15) is 30.0 Å². The Bertz CT molecular complexity index is 952. The minimum absolute atomic E-state index is 0.0977. The van der Waals surface area contributed by atoms with Gasteiger partial charge in [-0.05, 0) is 55.0 Å². The van der Waals surface area contributed by atoms with Crippen LogP contribution < -0.4 is 4.74 Å². The number of carbonyl (C=O) groups is 2. The molecule has 170 valence electrons. The Balaban J connectivity index is 1.58. The van der Waals surface area contributed by atoms with Crippen molar-refractivity contribution in [2.24, 2.45) is 0 Å². The van der Waals surface area contributed by atoms with Crippen molar-refractivity contribution in [1.82, 2.24) is 0 Å². The number of phenolic OH excluding ortho intramolecular Hbond substituents is 1. The molecule has 1 aliphatic heterocycles. The summed E-state index contributed by atoms with van der Waals surface area (Å²) in [6.07, 6.45) is -4.51. The van der Waals surface area contributed by atoms with Crippen LogP contribution in [-0.2, 0) is 14.3 Å². The van der Waals surface area contributed by atoms with E-state index in [1.54, 1.807) is 12.1 Å². The van der Waals surface area contributed by atoms with Crippen LogP contribution in [0.15, 0.2) is 54.6 Å². The van der Waals surface area contributed by atoms with Crippen molar-refractivity contribution in [3.63, 3.8) is 0 Å². The van der Waals surface area contributed by atoms with Crippen LogP contribution in [0.4, 0.5) is 0 Å². The predicted molar refractivity (Wildman–Crippen MR) is 112 cm³/mol. The fourth-order valence-corrected chi connectivity index (χ4v) is 3.02. The molecule has 2 aromatic carbocycles. The van der Waals surface area contributed by atoms with Gasteiger partial charge in [0.2, 0.25) is 6.29 Å². The van der Waals surface area contributed by atoms with Crippen LogP contribution in [0.25, 0.3) is 6.08 Å². The van der Waals surface area contributed by atoms with Gasteiger partial charge in [0, 0.05) is 11.6 Å². The van der Waals surface area contributed by atoms with E-state index >= 15 is 0 Å². The zero-order valence-electron chi connectivity index (χ0n) is 17.2. The van der Waals surface area contributed by atoms with Crippen molar-refractivity contribution in [1.29, 1.82) is 0 Å². The second kappa shape index (κ2) is 10.4. The summed E-state index contributed by atoms with van der Waals surface area (Å²) in [6, 6.07) is 12.2. The number of hydrogen-bond donors (Lipinski definition) is 4. The number of ketones is 1. The summed E-state index contributed by atoms with van der Waals surface area (Å²) < 4.78 is 16.1. The summed E-state index contributed by atoms with van der Waals surface area (Å²) in [5.41, 5.74) is 1.14. The molecule has 1 fully saturated rings. The first-order valence-electron chi connectivity index (χ1n) is 9.86. The number of aliphatic hydroxyl groups excluding tert-OH is 3. The SMILES string of the molecule is CC(=O)c1ccc(O[C@@H]2O[C@H](COC(=O)C=Cc3ccc(O)cc3)[C@@H](O)[C@H](O)[C@H]2O)cc1. The quantitative estimate of drug-likeness (QED) is 0.280. The van der Waals surface area contributed by atoms with Crippen LogP contribution in [0.5, 0.6) is 11.5 Å². The van der Waals surface area contributed by atoms with Crippen molar-refractivity contribution < 1.29 is 44.2 Å². The average Bonchev–Trinajstić information content (AvgIpc) is 2.78. The molecular weight excluding hydrogens is 420 g/mol. The third-order valence-electron chi connectivity index (χ3n) is 4.88. The van der Waals surface area contributed by atoms with Gasteiger partial charge in [0.05, 0.1) is 0 Å². The Hall–Kier alpha value is -3.24. The summed E-state index contributed by atoms with van der Waals surface area (Å²) in [5.74, 6) is -0.465. The summed E-state index contributed by atoms with van der Waals surface area (Å²) in [6.45, 7) is 1.03. The number of aromatic hydroxyl groups is 1. The number of esters is 1. The van der Waals surface area contributed by atoms with Gasteiger partial charge in [-0.1, -0.05) is 12.1 Å². The van der Waals surface area contributed by atoms with Crippen LogP contribution >= 0.6 is 0 Å². The summed E-state index contributed by atoms with van der Waals surface area (Å²) in [5, 5.41) is 39.8. The molecule has 0 unspecified atom stereocenters. The molecule has 0 aliphatic carbocycles. The van der Waals surface area contributed by atoms with Gasteiger partial charge in [0.25, 0.3) is 0 Å². The first-order chi connectivity index (χ1) is 15.2. The summed E-state index contributed by atoms with van der Waals surface area (Å²) in [7, 11) is 0. The molecule has 2 aromatic rings. The Morgan fingerprint density at radius 3 is 2.25 bits per heavy atom. The highest BCUT2D eigenvalue weighted by Crippen LogP contribution is 2.25. The molecule has 4 N–H and O–H groups in total. The highest BCUT2D eigenvalue weighted by Gasteiger charge is 2.45. The topological polar surface area (TPSA) is 143 Å². The van der Waals surface area contributed by atoms with Gasteiger partial charge in [-0.25, -0.2) is 4.79 Å². The first kappa shape index (κ1) is 23.4. The zero-order chi connectivity index (χ0) is 23.3. The van der Waals surface area contributed by atoms with E-state index in [0.717, 1.165) is 6.08 Å². The summed E-state index contributed by atoms with van der Waals surface area (Å²) >= 11 is 0. The Kier molecular flexibility index (Phi) is 7.60. The molecular formula is C23H24O9. The van der Waals surface area contributed by atoms with Gasteiger partial charge < -0.3 is 34.6 Å². The lowest BCUT2D eigenvalue weighted by Gasteiger charge is -2.39. The van der Waals surface area contributed by atoms with Crippen LogP contribution in [0.1, 0.15) is 22.8 Å². The number of carbonyl (C=O) groups excluding carboxylic acids is 2. The minimum atomic E-state index is -1.60. The molecule has 1 saturated heterocycles.